The molecule has 0 unspecified atom stereocenters. The molecule has 0 atom stereocenters. The molecule has 40 heavy (non-hydrogen) atoms. The first-order valence-corrected chi connectivity index (χ1v) is 15.0. The van der Waals surface area contributed by atoms with Crippen LogP contribution in [0.3, 0.4) is 0 Å². The first kappa shape index (κ1) is 27.9. The molecule has 2 heterocycles. The minimum atomic E-state index is -1.22. The summed E-state index contributed by atoms with van der Waals surface area (Å²) >= 11 is 0. The van der Waals surface area contributed by atoms with Crippen molar-refractivity contribution >= 4 is 11.7 Å². The molecule has 5 rings (SSSR count). The Morgan fingerprint density at radius 3 is 1.77 bits per heavy atom. The van der Waals surface area contributed by atoms with E-state index >= 15 is 0 Å². The molecular weight excluding hydrogens is 502 g/mol. The summed E-state index contributed by atoms with van der Waals surface area (Å²) in [7, 11) is 0. The zero-order valence-corrected chi connectivity index (χ0v) is 23.5. The van der Waals surface area contributed by atoms with E-state index in [2.05, 4.69) is 12.2 Å². The highest BCUT2D eigenvalue weighted by atomic mass is 16.6. The first-order chi connectivity index (χ1) is 19.5. The van der Waals surface area contributed by atoms with Gasteiger partial charge in [0, 0.05) is 41.1 Å². The predicted octanol–water partition coefficient (Wildman–Crippen LogP) is 8.78. The van der Waals surface area contributed by atoms with Crippen LogP contribution in [-0.4, -0.2) is 22.7 Å². The monoisotopic (exact) mass is 543 g/mol. The molecule has 0 amide bonds. The van der Waals surface area contributed by atoms with Crippen LogP contribution in [-0.2, 0) is 10.3 Å². The van der Waals surface area contributed by atoms with Crippen LogP contribution >= 0.6 is 0 Å². The van der Waals surface area contributed by atoms with Gasteiger partial charge in [-0.25, -0.2) is 4.79 Å². The molecule has 0 aromatic heterocycles. The number of benzene rings is 3. The summed E-state index contributed by atoms with van der Waals surface area (Å²) in [5.74, 6) is 0.434. The van der Waals surface area contributed by atoms with E-state index in [1.165, 1.54) is 82.8 Å². The Bertz CT molecular complexity index is 1280. The van der Waals surface area contributed by atoms with Crippen LogP contribution in [0, 0.1) is 0 Å². The van der Waals surface area contributed by atoms with Crippen molar-refractivity contribution in [2.45, 2.75) is 89.6 Å². The summed E-state index contributed by atoms with van der Waals surface area (Å²) in [6.07, 6.45) is 15.8. The van der Waals surface area contributed by atoms with Gasteiger partial charge in [0.1, 0.15) is 23.0 Å². The predicted molar refractivity (Wildman–Crippen MR) is 158 cm³/mol. The van der Waals surface area contributed by atoms with Crippen molar-refractivity contribution in [1.29, 1.82) is 0 Å². The van der Waals surface area contributed by atoms with Crippen LogP contribution < -0.4 is 10.1 Å². The zero-order valence-electron chi connectivity index (χ0n) is 23.5. The molecule has 3 N–H and O–H groups in total. The minimum absolute atomic E-state index is 0.0411. The lowest BCUT2D eigenvalue weighted by Gasteiger charge is -2.36. The van der Waals surface area contributed by atoms with E-state index < -0.39 is 11.6 Å². The summed E-state index contributed by atoms with van der Waals surface area (Å²) in [6, 6.07) is 15.4. The fraction of sp³-hybridized carbons (Fsp3) is 0.441. The maximum atomic E-state index is 13.2. The molecule has 0 aliphatic carbocycles. The van der Waals surface area contributed by atoms with E-state index in [0.717, 1.165) is 24.2 Å². The van der Waals surface area contributed by atoms with Crippen molar-refractivity contribution in [3.8, 4) is 23.0 Å². The largest absolute Gasteiger partial charge is 0.508 e. The van der Waals surface area contributed by atoms with Gasteiger partial charge >= 0.3 is 5.97 Å². The SMILES string of the molecule is CCCCCCCCCCCCCCNc1ccc2c(c1)C(=O)OC21c2ccc(O)cc2Oc2cc(O)ccc21. The number of unbranched alkanes of at least 4 members (excludes halogenated alkanes) is 11. The van der Waals surface area contributed by atoms with Crippen LogP contribution in [0.15, 0.2) is 54.6 Å². The number of rotatable bonds is 14. The fourth-order valence-corrected chi connectivity index (χ4v) is 6.01. The molecule has 212 valence electrons. The number of esters is 1. The molecule has 2 aliphatic rings. The maximum Gasteiger partial charge on any atom is 0.340 e. The summed E-state index contributed by atoms with van der Waals surface area (Å²) in [5.41, 5.74) is 2.15. The highest BCUT2D eigenvalue weighted by molar-refractivity contribution is 5.98. The van der Waals surface area contributed by atoms with Gasteiger partial charge in [-0.2, -0.15) is 0 Å². The van der Waals surface area contributed by atoms with Crippen molar-refractivity contribution in [2.24, 2.45) is 0 Å². The summed E-state index contributed by atoms with van der Waals surface area (Å²) in [5, 5.41) is 23.6. The molecule has 0 radical (unpaired) electrons. The summed E-state index contributed by atoms with van der Waals surface area (Å²) < 4.78 is 12.2. The Kier molecular flexibility index (Phi) is 8.83. The van der Waals surface area contributed by atoms with Gasteiger partial charge in [0.05, 0.1) is 5.56 Å². The quantitative estimate of drug-likeness (QED) is 0.139. The van der Waals surface area contributed by atoms with Crippen LogP contribution in [0.5, 0.6) is 23.0 Å². The van der Waals surface area contributed by atoms with Crippen LogP contribution in [0.25, 0.3) is 0 Å². The van der Waals surface area contributed by atoms with Crippen molar-refractivity contribution in [2.75, 3.05) is 11.9 Å². The molecule has 6 heteroatoms. The van der Waals surface area contributed by atoms with Crippen LogP contribution in [0.2, 0.25) is 0 Å². The van der Waals surface area contributed by atoms with Crippen molar-refractivity contribution in [1.82, 2.24) is 0 Å². The summed E-state index contributed by atoms with van der Waals surface area (Å²) in [6.45, 7) is 3.12. The van der Waals surface area contributed by atoms with Gasteiger partial charge in [-0.15, -0.1) is 0 Å². The number of carbonyl (C=O) groups excluding carboxylic acids is 1. The highest BCUT2D eigenvalue weighted by Crippen LogP contribution is 2.57. The average molecular weight is 544 g/mol. The van der Waals surface area contributed by atoms with E-state index in [4.69, 9.17) is 9.47 Å². The Morgan fingerprint density at radius 1 is 0.675 bits per heavy atom. The molecule has 3 aromatic carbocycles. The molecular formula is C34H41NO5. The van der Waals surface area contributed by atoms with Gasteiger partial charge in [-0.3, -0.25) is 0 Å². The average Bonchev–Trinajstić information content (AvgIpc) is 3.22. The minimum Gasteiger partial charge on any atom is -0.508 e. The Hall–Kier alpha value is -3.67. The van der Waals surface area contributed by atoms with Crippen LogP contribution in [0.1, 0.15) is 111 Å². The van der Waals surface area contributed by atoms with Crippen molar-refractivity contribution < 1.29 is 24.5 Å². The third kappa shape index (κ3) is 5.77. The number of phenols is 2. The Labute approximate surface area is 237 Å². The number of phenolic OH excluding ortho intramolecular Hbond substituents is 2. The summed E-state index contributed by atoms with van der Waals surface area (Å²) in [4.78, 5) is 13.2. The van der Waals surface area contributed by atoms with Crippen molar-refractivity contribution in [3.63, 3.8) is 0 Å². The topological polar surface area (TPSA) is 88.0 Å². The second kappa shape index (κ2) is 12.7. The molecule has 0 bridgehead atoms. The van der Waals surface area contributed by atoms with E-state index in [0.29, 0.717) is 28.2 Å². The number of nitrogens with one attached hydrogen (secondary N) is 1. The number of hydrogen-bond donors (Lipinski definition) is 3. The molecule has 0 saturated carbocycles. The Morgan fingerprint density at radius 2 is 1.20 bits per heavy atom. The number of anilines is 1. The van der Waals surface area contributed by atoms with Crippen molar-refractivity contribution in [3.05, 3.63) is 76.9 Å². The van der Waals surface area contributed by atoms with E-state index in [-0.39, 0.29) is 11.5 Å². The second-order valence-corrected chi connectivity index (χ2v) is 11.1. The smallest absolute Gasteiger partial charge is 0.340 e. The van der Waals surface area contributed by atoms with Gasteiger partial charge in [-0.05, 0) is 42.8 Å². The maximum absolute atomic E-state index is 13.2. The molecule has 0 fully saturated rings. The standard InChI is InChI=1S/C34H41NO5/c1-2-3-4-5-6-7-8-9-10-11-12-13-20-35-24-14-17-28-27(21-24)33(38)40-34(28)29-18-15-25(36)22-31(29)39-32-23-26(37)16-19-30(32)34/h14-19,21-23,35-37H,2-13,20H2,1H3. The second-order valence-electron chi connectivity index (χ2n) is 11.1. The third-order valence-corrected chi connectivity index (χ3v) is 8.13. The lowest BCUT2D eigenvalue weighted by Crippen LogP contribution is -2.32. The van der Waals surface area contributed by atoms with E-state index in [9.17, 15) is 15.0 Å². The molecule has 6 nitrogen and oxygen atoms in total. The number of carbonyl (C=O) groups is 1. The van der Waals surface area contributed by atoms with Gasteiger partial charge in [0.15, 0.2) is 5.60 Å². The van der Waals surface area contributed by atoms with Gasteiger partial charge in [0.2, 0.25) is 0 Å². The first-order valence-electron chi connectivity index (χ1n) is 15.0. The van der Waals surface area contributed by atoms with Gasteiger partial charge in [-0.1, -0.05) is 83.6 Å². The number of ether oxygens (including phenoxy) is 2. The normalized spacial score (nSPS) is 14.3. The van der Waals surface area contributed by atoms with Crippen LogP contribution in [0.4, 0.5) is 5.69 Å². The fourth-order valence-electron chi connectivity index (χ4n) is 6.01. The zero-order chi connectivity index (χ0) is 28.0. The Balaban J connectivity index is 1.19. The lowest BCUT2D eigenvalue weighted by molar-refractivity contribution is 0.0224. The van der Waals surface area contributed by atoms with Gasteiger partial charge < -0.3 is 25.0 Å². The third-order valence-electron chi connectivity index (χ3n) is 8.13. The highest BCUT2D eigenvalue weighted by Gasteiger charge is 2.53. The lowest BCUT2D eigenvalue weighted by atomic mass is 9.77. The molecule has 0 saturated heterocycles. The molecule has 3 aromatic rings. The molecule has 2 aliphatic heterocycles. The van der Waals surface area contributed by atoms with E-state index in [1.807, 2.05) is 18.2 Å². The van der Waals surface area contributed by atoms with Gasteiger partial charge in [0.25, 0.3) is 0 Å². The number of fused-ring (bicyclic) bond motifs is 6. The molecule has 1 spiro atoms. The van der Waals surface area contributed by atoms with E-state index in [1.54, 1.807) is 24.3 Å². The number of hydrogen-bond acceptors (Lipinski definition) is 6. The number of aromatic hydroxyl groups is 2.